The number of hydrogen-bond donors (Lipinski definition) is 1. The van der Waals surface area contributed by atoms with Gasteiger partial charge in [0.1, 0.15) is 5.70 Å². The molecule has 1 aromatic carbocycles. The average molecular weight is 569 g/mol. The summed E-state index contributed by atoms with van der Waals surface area (Å²) in [6.45, 7) is 22.5. The van der Waals surface area contributed by atoms with E-state index in [1.807, 2.05) is 58.0 Å². The molecule has 2 aliphatic heterocycles. The van der Waals surface area contributed by atoms with Gasteiger partial charge in [0.15, 0.2) is 0 Å². The van der Waals surface area contributed by atoms with Gasteiger partial charge in [0.05, 0.1) is 11.4 Å². The Morgan fingerprint density at radius 1 is 1.00 bits per heavy atom. The number of fused-ring (bicyclic) bond motifs is 1. The number of aromatic nitrogens is 1. The van der Waals surface area contributed by atoms with E-state index in [1.165, 1.54) is 36.0 Å². The van der Waals surface area contributed by atoms with Gasteiger partial charge in [0.25, 0.3) is 5.91 Å². The molecule has 1 aromatic heterocycles. The summed E-state index contributed by atoms with van der Waals surface area (Å²) in [4.78, 5) is 25.0. The second kappa shape index (κ2) is 22.1. The van der Waals surface area contributed by atoms with E-state index in [0.29, 0.717) is 5.70 Å². The third-order valence-corrected chi connectivity index (χ3v) is 7.01. The number of amides is 1. The van der Waals surface area contributed by atoms with E-state index in [4.69, 9.17) is 4.99 Å². The number of thioether (sulfide) groups is 1. The van der Waals surface area contributed by atoms with Gasteiger partial charge in [-0.15, -0.1) is 11.8 Å². The van der Waals surface area contributed by atoms with E-state index in [2.05, 4.69) is 64.0 Å². The molecule has 1 fully saturated rings. The van der Waals surface area contributed by atoms with Crippen molar-refractivity contribution < 1.29 is 4.79 Å². The molecule has 2 aromatic rings. The third kappa shape index (κ3) is 11.5. The first-order chi connectivity index (χ1) is 19.4. The first kappa shape index (κ1) is 37.4. The van der Waals surface area contributed by atoms with Crippen LogP contribution in [0.5, 0.6) is 0 Å². The molecule has 6 heteroatoms. The maximum atomic E-state index is 13.1. The van der Waals surface area contributed by atoms with E-state index >= 15 is 0 Å². The number of aryl methyl sites for hydroxylation is 2. The minimum atomic E-state index is 0.0685. The van der Waals surface area contributed by atoms with Crippen molar-refractivity contribution in [2.45, 2.75) is 101 Å². The van der Waals surface area contributed by atoms with Crippen LogP contribution >= 0.6 is 11.8 Å². The van der Waals surface area contributed by atoms with Crippen LogP contribution in [0.2, 0.25) is 0 Å². The normalized spacial score (nSPS) is 13.1. The van der Waals surface area contributed by atoms with Crippen LogP contribution in [-0.2, 0) is 4.79 Å². The number of likely N-dealkylation sites (tertiary alicyclic amines) is 1. The second-order valence-electron chi connectivity index (χ2n) is 9.23. The molecule has 4 rings (SSSR count). The number of benzene rings is 1. The highest BCUT2D eigenvalue weighted by Crippen LogP contribution is 2.38. The molecule has 1 amide bonds. The Morgan fingerprint density at radius 2 is 1.60 bits per heavy atom. The number of pyridine rings is 1. The van der Waals surface area contributed by atoms with Gasteiger partial charge in [-0.25, -0.2) is 0 Å². The molecule has 1 saturated heterocycles. The van der Waals surface area contributed by atoms with Crippen molar-refractivity contribution in [2.24, 2.45) is 4.99 Å². The molecule has 0 atom stereocenters. The Balaban J connectivity index is 0.00000121. The lowest BCUT2D eigenvalue weighted by Crippen LogP contribution is -2.34. The van der Waals surface area contributed by atoms with Gasteiger partial charge in [-0.05, 0) is 44.4 Å². The summed E-state index contributed by atoms with van der Waals surface area (Å²) in [7, 11) is 1.82. The fourth-order valence-corrected chi connectivity index (χ4v) is 5.04. The van der Waals surface area contributed by atoms with E-state index in [0.717, 1.165) is 53.6 Å². The maximum Gasteiger partial charge on any atom is 0.271 e. The first-order valence-corrected chi connectivity index (χ1v) is 16.3. The second-order valence-corrected chi connectivity index (χ2v) is 10.2. The summed E-state index contributed by atoms with van der Waals surface area (Å²) in [6, 6.07) is 8.29. The van der Waals surface area contributed by atoms with Crippen LogP contribution in [0.4, 0.5) is 5.69 Å². The van der Waals surface area contributed by atoms with Gasteiger partial charge < -0.3 is 10.2 Å². The molecule has 2 aliphatic rings. The van der Waals surface area contributed by atoms with Crippen molar-refractivity contribution in [1.29, 1.82) is 0 Å². The fraction of sp³-hybridized carbons (Fsp3) is 0.559. The van der Waals surface area contributed by atoms with E-state index in [1.54, 1.807) is 18.0 Å². The monoisotopic (exact) mass is 568 g/mol. The molecule has 224 valence electrons. The predicted molar refractivity (Wildman–Crippen MR) is 180 cm³/mol. The van der Waals surface area contributed by atoms with Crippen LogP contribution in [0.3, 0.4) is 0 Å². The molecule has 1 N–H and O–H groups in total. The van der Waals surface area contributed by atoms with E-state index < -0.39 is 0 Å². The molecule has 5 nitrogen and oxygen atoms in total. The minimum Gasteiger partial charge on any atom is -0.383 e. The number of nitrogens with zero attached hydrogens (tertiary/aromatic N) is 3. The Labute approximate surface area is 250 Å². The number of aliphatic imine (C=N–C) groups is 1. The van der Waals surface area contributed by atoms with Crippen molar-refractivity contribution in [3.05, 3.63) is 64.6 Å². The minimum absolute atomic E-state index is 0.0685. The Kier molecular flexibility index (Phi) is 20.7. The highest BCUT2D eigenvalue weighted by molar-refractivity contribution is 8.09. The molecule has 0 spiro atoms. The summed E-state index contributed by atoms with van der Waals surface area (Å²) in [5.41, 5.74) is 7.49. The first-order valence-electron chi connectivity index (χ1n) is 15.3. The number of nitrogens with one attached hydrogen (secondary N) is 1. The summed E-state index contributed by atoms with van der Waals surface area (Å²) in [5, 5.41) is 3.17. The number of unbranched alkanes of at least 4 members (excludes halogenated alkanes) is 1. The van der Waals surface area contributed by atoms with E-state index in [9.17, 15) is 4.79 Å². The summed E-state index contributed by atoms with van der Waals surface area (Å²) in [5.74, 6) is 0.789. The van der Waals surface area contributed by atoms with Crippen LogP contribution in [0.25, 0.3) is 4.91 Å². The van der Waals surface area contributed by atoms with Crippen molar-refractivity contribution >= 4 is 34.0 Å². The topological polar surface area (TPSA) is 57.6 Å². The van der Waals surface area contributed by atoms with Crippen molar-refractivity contribution in [3.8, 4) is 0 Å². The van der Waals surface area contributed by atoms with Crippen LogP contribution in [0.15, 0.2) is 47.3 Å². The smallest absolute Gasteiger partial charge is 0.271 e. The van der Waals surface area contributed by atoms with Gasteiger partial charge in [0.2, 0.25) is 0 Å². The Hall–Kier alpha value is -2.60. The maximum absolute atomic E-state index is 13.1. The zero-order valence-corrected chi connectivity index (χ0v) is 28.1. The van der Waals surface area contributed by atoms with Gasteiger partial charge in [-0.3, -0.25) is 14.8 Å². The molecule has 40 heavy (non-hydrogen) atoms. The van der Waals surface area contributed by atoms with Gasteiger partial charge in [-0.2, -0.15) is 0 Å². The summed E-state index contributed by atoms with van der Waals surface area (Å²) < 4.78 is 0. The zero-order chi connectivity index (χ0) is 30.5. The van der Waals surface area contributed by atoms with E-state index in [-0.39, 0.29) is 5.91 Å². The molecule has 3 heterocycles. The largest absolute Gasteiger partial charge is 0.383 e. The number of carbonyl (C=O) groups is 1. The standard InChI is InChI=1S/C23H26N4OS.C4H10.C3H8.2C2H6/c1-15-11-16(2)20-18(12-15)19(26-20)14-29-22(17-7-6-8-25-13-17)21(24-3)23(28)27-9-4-5-10-27;1-3-4-2;1-3-2;2*1-2/h6-8,11-13,24H,4-5,9-10,14H2,1-3H3;3-4H2,1-2H3;3H2,1-2H3;2*1-2H3/b22-21-;;;;. The summed E-state index contributed by atoms with van der Waals surface area (Å²) >= 11 is 1.65. The molecule has 0 saturated carbocycles. The predicted octanol–water partition coefficient (Wildman–Crippen LogP) is 9.35. The lowest BCUT2D eigenvalue weighted by molar-refractivity contribution is -0.126. The number of likely N-dealkylation sites (N-methyl/N-ethyl adjacent to an activating group) is 1. The third-order valence-electron chi connectivity index (χ3n) is 5.86. The molecular weight excluding hydrogens is 512 g/mol. The molecule has 0 bridgehead atoms. The lowest BCUT2D eigenvalue weighted by Gasteiger charge is -2.23. The zero-order valence-electron chi connectivity index (χ0n) is 27.3. The number of hydrogen-bond acceptors (Lipinski definition) is 5. The number of rotatable bonds is 7. The Bertz CT molecular complexity index is 1040. The molecule has 0 aliphatic carbocycles. The fourth-order valence-electron chi connectivity index (χ4n) is 3.91. The van der Waals surface area contributed by atoms with Gasteiger partial charge >= 0.3 is 0 Å². The van der Waals surface area contributed by atoms with Crippen LogP contribution in [0, 0.1) is 13.8 Å². The Morgan fingerprint density at radius 3 is 2.10 bits per heavy atom. The number of carbonyl (C=O) groups excluding carboxylic acids is 1. The summed E-state index contributed by atoms with van der Waals surface area (Å²) in [6.07, 6.45) is 9.61. The van der Waals surface area contributed by atoms with Crippen molar-refractivity contribution in [1.82, 2.24) is 15.2 Å². The highest BCUT2D eigenvalue weighted by Gasteiger charge is 2.26. The molecule has 0 radical (unpaired) electrons. The van der Waals surface area contributed by atoms with Crippen molar-refractivity contribution in [2.75, 3.05) is 25.9 Å². The van der Waals surface area contributed by atoms with Crippen LogP contribution < -0.4 is 5.32 Å². The molecule has 0 unspecified atom stereocenters. The average Bonchev–Trinajstić information content (AvgIpc) is 3.52. The highest BCUT2D eigenvalue weighted by atomic mass is 32.2. The van der Waals surface area contributed by atoms with Crippen LogP contribution in [-0.4, -0.2) is 47.4 Å². The van der Waals surface area contributed by atoms with Crippen LogP contribution in [0.1, 0.15) is 110 Å². The molecular formula is C34H56N4OS. The lowest BCUT2D eigenvalue weighted by atomic mass is 9.97. The van der Waals surface area contributed by atoms with Crippen molar-refractivity contribution in [3.63, 3.8) is 0 Å². The quantitative estimate of drug-likeness (QED) is 0.338. The van der Waals surface area contributed by atoms with Gasteiger partial charge in [0, 0.05) is 54.3 Å². The SMILES string of the molecule is CC.CC.CCC.CCCC.CN/C(C(=O)N1CCCC1)=C(\SCC1=Nc2c(C)cc(C)cc21)c1cccnc1. The van der Waals surface area contributed by atoms with Gasteiger partial charge in [-0.1, -0.05) is 92.3 Å².